The van der Waals surface area contributed by atoms with Gasteiger partial charge in [0.05, 0.1) is 21.1 Å². The highest BCUT2D eigenvalue weighted by Gasteiger charge is 2.34. The molecule has 0 heterocycles. The summed E-state index contributed by atoms with van der Waals surface area (Å²) in [5.74, 6) is 1.77. The van der Waals surface area contributed by atoms with Crippen molar-refractivity contribution in [1.82, 2.24) is 0 Å². The molecule has 3 atom stereocenters. The zero-order valence-electron chi connectivity index (χ0n) is 12.9. The Kier molecular flexibility index (Phi) is 5.20. The van der Waals surface area contributed by atoms with Gasteiger partial charge in [-0.3, -0.25) is 0 Å². The Morgan fingerprint density at radius 1 is 1.28 bits per heavy atom. The van der Waals surface area contributed by atoms with E-state index in [-0.39, 0.29) is 12.1 Å². The molecule has 3 heteroatoms. The van der Waals surface area contributed by atoms with Crippen LogP contribution in [0.15, 0.2) is 0 Å². The van der Waals surface area contributed by atoms with Crippen molar-refractivity contribution in [2.24, 2.45) is 17.8 Å². The van der Waals surface area contributed by atoms with Crippen molar-refractivity contribution in [2.45, 2.75) is 46.1 Å². The number of quaternary nitrogens is 1. The monoisotopic (exact) mass is 256 g/mol. The van der Waals surface area contributed by atoms with Crippen LogP contribution in [0, 0.1) is 17.8 Å². The molecule has 1 fully saturated rings. The van der Waals surface area contributed by atoms with Crippen LogP contribution >= 0.6 is 0 Å². The van der Waals surface area contributed by atoms with E-state index >= 15 is 0 Å². The fourth-order valence-electron chi connectivity index (χ4n) is 2.84. The molecule has 0 aromatic rings. The number of hydrogen-bond acceptors (Lipinski definition) is 2. The Morgan fingerprint density at radius 3 is 2.39 bits per heavy atom. The molecule has 1 rings (SSSR count). The van der Waals surface area contributed by atoms with Crippen molar-refractivity contribution >= 4 is 5.97 Å². The van der Waals surface area contributed by atoms with E-state index in [1.807, 2.05) is 21.1 Å². The molecule has 0 aliphatic heterocycles. The number of ether oxygens (including phenoxy) is 1. The largest absolute Gasteiger partial charge is 0.458 e. The summed E-state index contributed by atoms with van der Waals surface area (Å²) in [4.78, 5) is 12.0. The Morgan fingerprint density at radius 2 is 1.89 bits per heavy atom. The van der Waals surface area contributed by atoms with E-state index in [4.69, 9.17) is 4.74 Å². The Bertz CT molecular complexity index is 281. The molecule has 0 spiro atoms. The lowest BCUT2D eigenvalue weighted by atomic mass is 9.75. The first-order chi connectivity index (χ1) is 8.19. The number of carbonyl (C=O) groups is 1. The molecule has 3 nitrogen and oxygen atoms in total. The summed E-state index contributed by atoms with van der Waals surface area (Å²) in [6.07, 6.45) is 3.63. The smallest absolute Gasteiger partial charge is 0.362 e. The lowest BCUT2D eigenvalue weighted by molar-refractivity contribution is -0.862. The third-order valence-corrected chi connectivity index (χ3v) is 3.85. The second kappa shape index (κ2) is 6.05. The van der Waals surface area contributed by atoms with Crippen LogP contribution in [-0.4, -0.2) is 44.2 Å². The van der Waals surface area contributed by atoms with Gasteiger partial charge in [0, 0.05) is 0 Å². The summed E-state index contributed by atoms with van der Waals surface area (Å²) in [6, 6.07) is 0. The average molecular weight is 256 g/mol. The summed E-state index contributed by atoms with van der Waals surface area (Å²) in [7, 11) is 6.06. The van der Waals surface area contributed by atoms with Gasteiger partial charge in [-0.2, -0.15) is 0 Å². The summed E-state index contributed by atoms with van der Waals surface area (Å²) in [5.41, 5.74) is 0. The van der Waals surface area contributed by atoms with Crippen LogP contribution in [0.4, 0.5) is 0 Å². The number of hydrogen-bond donors (Lipinski definition) is 0. The minimum Gasteiger partial charge on any atom is -0.458 e. The summed E-state index contributed by atoms with van der Waals surface area (Å²) in [6.45, 7) is 7.19. The van der Waals surface area contributed by atoms with E-state index in [0.717, 1.165) is 6.42 Å². The van der Waals surface area contributed by atoms with Gasteiger partial charge in [-0.1, -0.05) is 27.2 Å². The van der Waals surface area contributed by atoms with Gasteiger partial charge in [0.2, 0.25) is 0 Å². The van der Waals surface area contributed by atoms with Crippen molar-refractivity contribution in [3.05, 3.63) is 0 Å². The molecule has 1 saturated carbocycles. The summed E-state index contributed by atoms with van der Waals surface area (Å²) < 4.78 is 6.39. The van der Waals surface area contributed by atoms with Gasteiger partial charge >= 0.3 is 5.97 Å². The van der Waals surface area contributed by atoms with Crippen molar-refractivity contribution in [3.63, 3.8) is 0 Å². The predicted octanol–water partition coefficient (Wildman–Crippen LogP) is 2.70. The first-order valence-corrected chi connectivity index (χ1v) is 7.19. The molecule has 0 saturated heterocycles. The van der Waals surface area contributed by atoms with Gasteiger partial charge in [0.1, 0.15) is 6.10 Å². The molecule has 1 aliphatic carbocycles. The Labute approximate surface area is 112 Å². The molecular formula is C15H30NO2+. The van der Waals surface area contributed by atoms with Crippen LogP contribution in [0.25, 0.3) is 0 Å². The summed E-state index contributed by atoms with van der Waals surface area (Å²) >= 11 is 0. The lowest BCUT2D eigenvalue weighted by Gasteiger charge is -2.37. The van der Waals surface area contributed by atoms with Gasteiger partial charge in [0.15, 0.2) is 6.54 Å². The molecule has 0 unspecified atom stereocenters. The van der Waals surface area contributed by atoms with Gasteiger partial charge in [-0.15, -0.1) is 0 Å². The molecule has 0 radical (unpaired) electrons. The third-order valence-electron chi connectivity index (χ3n) is 3.85. The molecule has 0 N–H and O–H groups in total. The van der Waals surface area contributed by atoms with Crippen LogP contribution in [-0.2, 0) is 9.53 Å². The van der Waals surface area contributed by atoms with E-state index in [2.05, 4.69) is 20.8 Å². The Hall–Kier alpha value is -0.570. The second-order valence-corrected chi connectivity index (χ2v) is 7.30. The fourth-order valence-corrected chi connectivity index (χ4v) is 2.84. The lowest BCUT2D eigenvalue weighted by Crippen LogP contribution is -2.43. The zero-order chi connectivity index (χ0) is 13.9. The van der Waals surface area contributed by atoms with Crippen LogP contribution in [0.3, 0.4) is 0 Å². The topological polar surface area (TPSA) is 26.3 Å². The normalized spacial score (nSPS) is 29.4. The van der Waals surface area contributed by atoms with Gasteiger partial charge in [0.25, 0.3) is 0 Å². The van der Waals surface area contributed by atoms with E-state index < -0.39 is 0 Å². The van der Waals surface area contributed by atoms with Crippen LogP contribution in [0.5, 0.6) is 0 Å². The SMILES string of the molecule is CC(C)[C@@H]1CC[C@H](C)C[C@@H]1OC(=O)C[N+](C)(C)C. The highest BCUT2D eigenvalue weighted by Crippen LogP contribution is 2.35. The zero-order valence-corrected chi connectivity index (χ0v) is 12.9. The quantitative estimate of drug-likeness (QED) is 0.571. The molecule has 0 amide bonds. The highest BCUT2D eigenvalue weighted by molar-refractivity contribution is 5.70. The van der Waals surface area contributed by atoms with E-state index in [1.165, 1.54) is 12.8 Å². The number of carbonyl (C=O) groups excluding carboxylic acids is 1. The maximum Gasteiger partial charge on any atom is 0.362 e. The predicted molar refractivity (Wildman–Crippen MR) is 74.1 cm³/mol. The van der Waals surface area contributed by atoms with Crippen molar-refractivity contribution < 1.29 is 14.0 Å². The molecule has 18 heavy (non-hydrogen) atoms. The third kappa shape index (κ3) is 4.97. The molecule has 0 aromatic heterocycles. The van der Waals surface area contributed by atoms with Crippen molar-refractivity contribution in [1.29, 1.82) is 0 Å². The molecule has 1 aliphatic rings. The number of rotatable bonds is 4. The summed E-state index contributed by atoms with van der Waals surface area (Å²) in [5, 5.41) is 0. The molecular weight excluding hydrogens is 226 g/mol. The fraction of sp³-hybridized carbons (Fsp3) is 0.933. The molecule has 0 aromatic carbocycles. The van der Waals surface area contributed by atoms with Gasteiger partial charge < -0.3 is 9.22 Å². The first kappa shape index (κ1) is 15.5. The maximum absolute atomic E-state index is 12.0. The van der Waals surface area contributed by atoms with E-state index in [9.17, 15) is 4.79 Å². The number of likely N-dealkylation sites (N-methyl/N-ethyl adjacent to an activating group) is 1. The van der Waals surface area contributed by atoms with Crippen molar-refractivity contribution in [2.75, 3.05) is 27.7 Å². The molecule has 0 bridgehead atoms. The van der Waals surface area contributed by atoms with E-state index in [1.54, 1.807) is 0 Å². The highest BCUT2D eigenvalue weighted by atomic mass is 16.5. The van der Waals surface area contributed by atoms with Crippen LogP contribution in [0.2, 0.25) is 0 Å². The minimum absolute atomic E-state index is 0.0488. The molecule has 106 valence electrons. The van der Waals surface area contributed by atoms with Gasteiger partial charge in [-0.25, -0.2) is 4.79 Å². The van der Waals surface area contributed by atoms with Crippen LogP contribution in [0.1, 0.15) is 40.0 Å². The van der Waals surface area contributed by atoms with Gasteiger partial charge in [-0.05, 0) is 30.6 Å². The average Bonchev–Trinajstić information content (AvgIpc) is 2.13. The second-order valence-electron chi connectivity index (χ2n) is 7.30. The van der Waals surface area contributed by atoms with E-state index in [0.29, 0.717) is 28.8 Å². The Balaban J connectivity index is 2.58. The standard InChI is InChI=1S/C15H30NO2/c1-11(2)13-8-7-12(3)9-14(13)18-15(17)10-16(4,5)6/h11-14H,7-10H2,1-6H3/q+1/t12-,13-,14-/m0/s1. The number of esters is 1. The van der Waals surface area contributed by atoms with Crippen molar-refractivity contribution in [3.8, 4) is 0 Å². The maximum atomic E-state index is 12.0. The van der Waals surface area contributed by atoms with Crippen LogP contribution < -0.4 is 0 Å². The first-order valence-electron chi connectivity index (χ1n) is 7.19. The number of nitrogens with zero attached hydrogens (tertiary/aromatic N) is 1. The minimum atomic E-state index is -0.0488.